The van der Waals surface area contributed by atoms with E-state index in [0.717, 1.165) is 59.0 Å². The molecule has 2 aromatic rings. The standard InChI is InChI=1S/C29H43F3N2S4/c1-28(29(30,31)32,24-10-14-26(15-11-24)33-22-37-20-8-4-2-6-18-35)25-12-16-27(17-13-25)34-23-38-21-9-5-3-7-19-36/h10-17,33-36H,2-9,18-23H2,1H3. The van der Waals surface area contributed by atoms with Crippen molar-refractivity contribution in [3.05, 3.63) is 59.7 Å². The molecule has 0 radical (unpaired) electrons. The van der Waals surface area contributed by atoms with E-state index in [1.54, 1.807) is 48.5 Å². The molecule has 0 atom stereocenters. The Morgan fingerprint density at radius 1 is 0.605 bits per heavy atom. The molecule has 2 rings (SSSR count). The van der Waals surface area contributed by atoms with Gasteiger partial charge < -0.3 is 10.6 Å². The maximum absolute atomic E-state index is 14.4. The van der Waals surface area contributed by atoms with E-state index < -0.39 is 11.6 Å². The molecular weight excluding hydrogens is 562 g/mol. The van der Waals surface area contributed by atoms with Gasteiger partial charge in [-0.05, 0) is 91.0 Å². The lowest BCUT2D eigenvalue weighted by Crippen LogP contribution is -2.40. The number of hydrogen-bond acceptors (Lipinski definition) is 6. The lowest BCUT2D eigenvalue weighted by molar-refractivity contribution is -0.173. The molecule has 0 heterocycles. The van der Waals surface area contributed by atoms with Gasteiger partial charge in [-0.3, -0.25) is 0 Å². The van der Waals surface area contributed by atoms with E-state index in [1.165, 1.54) is 45.4 Å². The second-order valence-corrected chi connectivity index (χ2v) is 12.6. The fourth-order valence-electron chi connectivity index (χ4n) is 4.09. The van der Waals surface area contributed by atoms with Gasteiger partial charge in [-0.25, -0.2) is 0 Å². The Labute approximate surface area is 247 Å². The van der Waals surface area contributed by atoms with Crippen molar-refractivity contribution in [2.24, 2.45) is 0 Å². The van der Waals surface area contributed by atoms with Gasteiger partial charge in [0.15, 0.2) is 0 Å². The average molecular weight is 605 g/mol. The first kappa shape index (κ1) is 33.4. The summed E-state index contributed by atoms with van der Waals surface area (Å²) < 4.78 is 43.3. The van der Waals surface area contributed by atoms with Crippen molar-refractivity contribution in [3.63, 3.8) is 0 Å². The summed E-state index contributed by atoms with van der Waals surface area (Å²) in [5, 5.41) is 6.62. The minimum atomic E-state index is -4.43. The number of alkyl halides is 3. The van der Waals surface area contributed by atoms with Crippen LogP contribution in [-0.4, -0.2) is 40.9 Å². The molecule has 38 heavy (non-hydrogen) atoms. The number of nitrogens with one attached hydrogen (secondary N) is 2. The van der Waals surface area contributed by atoms with Crippen LogP contribution in [0.4, 0.5) is 24.5 Å². The Balaban J connectivity index is 1.89. The number of thiol groups is 2. The van der Waals surface area contributed by atoms with Crippen LogP contribution in [0.1, 0.15) is 69.4 Å². The summed E-state index contributed by atoms with van der Waals surface area (Å²) in [5.41, 5.74) is 0.0514. The Morgan fingerprint density at radius 2 is 0.974 bits per heavy atom. The van der Waals surface area contributed by atoms with Gasteiger partial charge in [0.25, 0.3) is 0 Å². The normalized spacial score (nSPS) is 12.1. The summed E-state index contributed by atoms with van der Waals surface area (Å²) in [4.78, 5) is 0. The molecule has 0 aliphatic heterocycles. The third-order valence-corrected chi connectivity index (χ3v) is 9.13. The van der Waals surface area contributed by atoms with Crippen molar-refractivity contribution >= 4 is 60.2 Å². The molecule has 0 unspecified atom stereocenters. The second kappa shape index (κ2) is 18.6. The van der Waals surface area contributed by atoms with Gasteiger partial charge in [-0.15, -0.1) is 23.5 Å². The monoisotopic (exact) mass is 604 g/mol. The molecule has 0 spiro atoms. The average Bonchev–Trinajstić information content (AvgIpc) is 2.91. The minimum Gasteiger partial charge on any atom is -0.376 e. The van der Waals surface area contributed by atoms with Gasteiger partial charge in [-0.2, -0.15) is 38.4 Å². The highest BCUT2D eigenvalue weighted by molar-refractivity contribution is 7.99. The first-order valence-corrected chi connectivity index (χ1v) is 17.0. The molecule has 0 fully saturated rings. The van der Waals surface area contributed by atoms with Gasteiger partial charge >= 0.3 is 6.18 Å². The zero-order valence-corrected chi connectivity index (χ0v) is 25.8. The number of rotatable bonds is 20. The summed E-state index contributed by atoms with van der Waals surface area (Å²) >= 11 is 12.1. The molecule has 214 valence electrons. The lowest BCUT2D eigenvalue weighted by Gasteiger charge is -2.33. The van der Waals surface area contributed by atoms with E-state index in [9.17, 15) is 13.2 Å². The van der Waals surface area contributed by atoms with Crippen LogP contribution < -0.4 is 10.6 Å². The van der Waals surface area contributed by atoms with E-state index in [1.807, 2.05) is 23.5 Å². The van der Waals surface area contributed by atoms with Gasteiger partial charge in [0.05, 0.1) is 11.8 Å². The van der Waals surface area contributed by atoms with Crippen LogP contribution in [0.3, 0.4) is 0 Å². The van der Waals surface area contributed by atoms with E-state index in [2.05, 4.69) is 35.9 Å². The number of halogens is 3. The van der Waals surface area contributed by atoms with Crippen LogP contribution in [0.5, 0.6) is 0 Å². The van der Waals surface area contributed by atoms with Crippen molar-refractivity contribution < 1.29 is 13.2 Å². The predicted octanol–water partition coefficient (Wildman–Crippen LogP) is 9.74. The van der Waals surface area contributed by atoms with Crippen molar-refractivity contribution in [2.45, 2.75) is 69.9 Å². The Hall–Kier alpha value is -0.770. The van der Waals surface area contributed by atoms with Crippen molar-refractivity contribution in [2.75, 3.05) is 45.4 Å². The van der Waals surface area contributed by atoms with Crippen LogP contribution in [0.2, 0.25) is 0 Å². The molecule has 0 aliphatic carbocycles. The predicted molar refractivity (Wildman–Crippen MR) is 172 cm³/mol. The van der Waals surface area contributed by atoms with E-state index in [4.69, 9.17) is 0 Å². The number of benzene rings is 2. The Bertz CT molecular complexity index is 813. The largest absolute Gasteiger partial charge is 0.402 e. The molecule has 0 aromatic heterocycles. The highest BCUT2D eigenvalue weighted by atomic mass is 32.2. The zero-order chi connectivity index (χ0) is 27.7. The highest BCUT2D eigenvalue weighted by Crippen LogP contribution is 2.46. The van der Waals surface area contributed by atoms with Crippen LogP contribution in [0, 0.1) is 0 Å². The topological polar surface area (TPSA) is 24.1 Å². The van der Waals surface area contributed by atoms with Crippen molar-refractivity contribution in [3.8, 4) is 0 Å². The molecule has 0 saturated carbocycles. The smallest absolute Gasteiger partial charge is 0.376 e. The van der Waals surface area contributed by atoms with E-state index >= 15 is 0 Å². The molecule has 0 saturated heterocycles. The quantitative estimate of drug-likeness (QED) is 0.0687. The SMILES string of the molecule is CC(c1ccc(NCSCCCCCCS)cc1)(c1ccc(NCSCCCCCCS)cc1)C(F)(F)F. The second-order valence-electron chi connectivity index (χ2n) is 9.51. The van der Waals surface area contributed by atoms with Crippen molar-refractivity contribution in [1.29, 1.82) is 0 Å². The van der Waals surface area contributed by atoms with Gasteiger partial charge in [0.1, 0.15) is 5.41 Å². The Kier molecular flexibility index (Phi) is 16.3. The highest BCUT2D eigenvalue weighted by Gasteiger charge is 2.53. The van der Waals surface area contributed by atoms with E-state index in [0.29, 0.717) is 0 Å². The fourth-order valence-corrected chi connectivity index (χ4v) is 6.18. The molecular formula is C29H43F3N2S4. The molecule has 0 amide bonds. The van der Waals surface area contributed by atoms with Crippen molar-refractivity contribution in [1.82, 2.24) is 0 Å². The summed E-state index contributed by atoms with van der Waals surface area (Å²) in [6.45, 7) is 1.27. The molecule has 0 aliphatic rings. The zero-order valence-electron chi connectivity index (χ0n) is 22.4. The molecule has 2 N–H and O–H groups in total. The summed E-state index contributed by atoms with van der Waals surface area (Å²) in [7, 11) is 0. The number of thioether (sulfide) groups is 2. The van der Waals surface area contributed by atoms with Gasteiger partial charge in [0.2, 0.25) is 0 Å². The summed E-state index contributed by atoms with van der Waals surface area (Å²) in [6.07, 6.45) is 5.10. The molecule has 0 bridgehead atoms. The first-order chi connectivity index (χ1) is 18.3. The van der Waals surface area contributed by atoms with Crippen LogP contribution >= 0.6 is 48.8 Å². The van der Waals surface area contributed by atoms with Crippen LogP contribution in [-0.2, 0) is 5.41 Å². The number of hydrogen-bond donors (Lipinski definition) is 4. The van der Waals surface area contributed by atoms with E-state index in [-0.39, 0.29) is 11.1 Å². The summed E-state index contributed by atoms with van der Waals surface area (Å²) in [5.74, 6) is 5.51. The molecule has 2 aromatic carbocycles. The third-order valence-electron chi connectivity index (χ3n) is 6.64. The molecule has 2 nitrogen and oxygen atoms in total. The first-order valence-electron chi connectivity index (χ1n) is 13.5. The van der Waals surface area contributed by atoms with Crippen LogP contribution in [0.25, 0.3) is 0 Å². The molecule has 9 heteroatoms. The van der Waals surface area contributed by atoms with Gasteiger partial charge in [-0.1, -0.05) is 49.9 Å². The van der Waals surface area contributed by atoms with Crippen LogP contribution in [0.15, 0.2) is 48.5 Å². The number of unbranched alkanes of at least 4 members (excludes halogenated alkanes) is 6. The van der Waals surface area contributed by atoms with Gasteiger partial charge in [0, 0.05) is 11.4 Å². The minimum absolute atomic E-state index is 0.238. The Morgan fingerprint density at radius 3 is 1.32 bits per heavy atom. The number of anilines is 2. The lowest BCUT2D eigenvalue weighted by atomic mass is 9.75. The maximum atomic E-state index is 14.4. The fraction of sp³-hybridized carbons (Fsp3) is 0.586. The maximum Gasteiger partial charge on any atom is 0.402 e. The third kappa shape index (κ3) is 11.4. The summed E-state index contributed by atoms with van der Waals surface area (Å²) in [6, 6.07) is 13.4.